The molecule has 0 aromatic heterocycles. The van der Waals surface area contributed by atoms with Crippen molar-refractivity contribution in [3.05, 3.63) is 52.5 Å². The first-order valence-electron chi connectivity index (χ1n) is 9.11. The Bertz CT molecular complexity index is 838. The molecule has 0 aliphatic heterocycles. The van der Waals surface area contributed by atoms with Gasteiger partial charge in [0.05, 0.1) is 21.3 Å². The standard InChI is InChI=1S/C21H26ClN3O3.HI/c1-23-21(25-17-11-16(17)14-6-5-7-15(22)10-14)24-12-13-8-18(26-2)20(28-4)19(9-13)27-3;/h5-10,16-17H,11-12H2,1-4H3,(H2,23,24,25);1H. The van der Waals surface area contributed by atoms with Gasteiger partial charge in [0.25, 0.3) is 0 Å². The van der Waals surface area contributed by atoms with Crippen LogP contribution >= 0.6 is 35.6 Å². The number of nitrogens with zero attached hydrogens (tertiary/aromatic N) is 1. The van der Waals surface area contributed by atoms with Gasteiger partial charge in [-0.3, -0.25) is 4.99 Å². The zero-order valence-corrected chi connectivity index (χ0v) is 20.1. The van der Waals surface area contributed by atoms with Crippen molar-refractivity contribution in [2.24, 2.45) is 4.99 Å². The molecule has 8 heteroatoms. The van der Waals surface area contributed by atoms with Crippen LogP contribution in [-0.2, 0) is 6.54 Å². The smallest absolute Gasteiger partial charge is 0.203 e. The molecule has 1 fully saturated rings. The number of methoxy groups -OCH3 is 3. The van der Waals surface area contributed by atoms with E-state index in [0.29, 0.717) is 35.8 Å². The Labute approximate surface area is 194 Å². The number of halogens is 2. The van der Waals surface area contributed by atoms with E-state index in [-0.39, 0.29) is 24.0 Å². The minimum absolute atomic E-state index is 0. The predicted octanol–water partition coefficient (Wildman–Crippen LogP) is 4.20. The normalized spacial score (nSPS) is 17.8. The van der Waals surface area contributed by atoms with Gasteiger partial charge in [-0.05, 0) is 41.8 Å². The number of ether oxygens (including phenoxy) is 3. The fourth-order valence-electron chi connectivity index (χ4n) is 3.25. The molecule has 2 N–H and O–H groups in total. The summed E-state index contributed by atoms with van der Waals surface area (Å²) in [5.41, 5.74) is 2.25. The fourth-order valence-corrected chi connectivity index (χ4v) is 3.45. The molecule has 2 unspecified atom stereocenters. The maximum absolute atomic E-state index is 6.10. The average Bonchev–Trinajstić information content (AvgIpc) is 3.49. The molecule has 1 aliphatic carbocycles. The van der Waals surface area contributed by atoms with E-state index >= 15 is 0 Å². The van der Waals surface area contributed by atoms with Crippen LogP contribution in [0.3, 0.4) is 0 Å². The summed E-state index contributed by atoms with van der Waals surface area (Å²) in [5.74, 6) is 3.05. The Hall–Kier alpha value is -1.87. The molecule has 3 rings (SSSR count). The summed E-state index contributed by atoms with van der Waals surface area (Å²) in [4.78, 5) is 4.33. The summed E-state index contributed by atoms with van der Waals surface area (Å²) in [7, 11) is 6.58. The molecule has 0 amide bonds. The molecule has 0 radical (unpaired) electrons. The van der Waals surface area contributed by atoms with Crippen LogP contribution in [0.5, 0.6) is 17.2 Å². The molecule has 1 aliphatic rings. The maximum atomic E-state index is 6.10. The Morgan fingerprint density at radius 3 is 2.34 bits per heavy atom. The van der Waals surface area contributed by atoms with Crippen molar-refractivity contribution in [2.75, 3.05) is 28.4 Å². The van der Waals surface area contributed by atoms with Gasteiger partial charge in [0.15, 0.2) is 17.5 Å². The monoisotopic (exact) mass is 531 g/mol. The highest BCUT2D eigenvalue weighted by Crippen LogP contribution is 2.41. The van der Waals surface area contributed by atoms with E-state index < -0.39 is 0 Å². The number of guanidine groups is 1. The van der Waals surface area contributed by atoms with Gasteiger partial charge in [-0.25, -0.2) is 0 Å². The van der Waals surface area contributed by atoms with Gasteiger partial charge in [0.2, 0.25) is 5.75 Å². The van der Waals surface area contributed by atoms with Crippen molar-refractivity contribution in [3.8, 4) is 17.2 Å². The third kappa shape index (κ3) is 5.82. The van der Waals surface area contributed by atoms with Crippen LogP contribution in [0.4, 0.5) is 0 Å². The first kappa shape index (κ1) is 23.4. The molecule has 0 spiro atoms. The average molecular weight is 532 g/mol. The van der Waals surface area contributed by atoms with Crippen LogP contribution in [0.1, 0.15) is 23.5 Å². The number of hydrogen-bond acceptors (Lipinski definition) is 4. The van der Waals surface area contributed by atoms with Crippen LogP contribution in [0.2, 0.25) is 5.02 Å². The van der Waals surface area contributed by atoms with Crippen molar-refractivity contribution in [1.82, 2.24) is 10.6 Å². The lowest BCUT2D eigenvalue weighted by molar-refractivity contribution is 0.323. The zero-order chi connectivity index (χ0) is 20.1. The van der Waals surface area contributed by atoms with E-state index in [1.807, 2.05) is 30.3 Å². The molecule has 1 saturated carbocycles. The third-order valence-electron chi connectivity index (χ3n) is 4.80. The molecule has 2 aromatic rings. The molecule has 0 heterocycles. The predicted molar refractivity (Wildman–Crippen MR) is 127 cm³/mol. The number of benzene rings is 2. The van der Waals surface area contributed by atoms with Crippen LogP contribution < -0.4 is 24.8 Å². The second-order valence-corrected chi connectivity index (χ2v) is 7.04. The summed E-state index contributed by atoms with van der Waals surface area (Å²) in [6, 6.07) is 12.2. The van der Waals surface area contributed by atoms with Gasteiger partial charge in [0.1, 0.15) is 0 Å². The molecule has 158 valence electrons. The second kappa shape index (κ2) is 10.8. The first-order valence-corrected chi connectivity index (χ1v) is 9.49. The highest BCUT2D eigenvalue weighted by atomic mass is 127. The number of hydrogen-bond donors (Lipinski definition) is 2. The summed E-state index contributed by atoms with van der Waals surface area (Å²) < 4.78 is 16.2. The van der Waals surface area contributed by atoms with Crippen LogP contribution in [0.25, 0.3) is 0 Å². The Balaban J connectivity index is 0.00000300. The zero-order valence-electron chi connectivity index (χ0n) is 17.0. The van der Waals surface area contributed by atoms with Crippen molar-refractivity contribution in [2.45, 2.75) is 24.9 Å². The van der Waals surface area contributed by atoms with Gasteiger partial charge < -0.3 is 24.8 Å². The van der Waals surface area contributed by atoms with Crippen molar-refractivity contribution >= 4 is 41.5 Å². The SMILES string of the molecule is CN=C(NCc1cc(OC)c(OC)c(OC)c1)NC1CC1c1cccc(Cl)c1.I. The topological polar surface area (TPSA) is 64.1 Å². The van der Waals surface area contributed by atoms with E-state index in [1.54, 1.807) is 28.4 Å². The lowest BCUT2D eigenvalue weighted by Gasteiger charge is -2.16. The van der Waals surface area contributed by atoms with E-state index in [9.17, 15) is 0 Å². The molecule has 0 saturated heterocycles. The molecule has 6 nitrogen and oxygen atoms in total. The van der Waals surface area contributed by atoms with E-state index in [2.05, 4.69) is 21.7 Å². The van der Waals surface area contributed by atoms with E-state index in [1.165, 1.54) is 5.56 Å². The van der Waals surface area contributed by atoms with Gasteiger partial charge >= 0.3 is 0 Å². The van der Waals surface area contributed by atoms with Crippen molar-refractivity contribution in [3.63, 3.8) is 0 Å². The summed E-state index contributed by atoms with van der Waals surface area (Å²) in [6.07, 6.45) is 1.06. The quantitative estimate of drug-likeness (QED) is 0.318. The maximum Gasteiger partial charge on any atom is 0.203 e. The molecule has 2 atom stereocenters. The van der Waals surface area contributed by atoms with E-state index in [0.717, 1.165) is 23.0 Å². The van der Waals surface area contributed by atoms with Crippen LogP contribution in [0, 0.1) is 0 Å². The van der Waals surface area contributed by atoms with Crippen LogP contribution in [0.15, 0.2) is 41.4 Å². The lowest BCUT2D eigenvalue weighted by Crippen LogP contribution is -2.38. The highest BCUT2D eigenvalue weighted by molar-refractivity contribution is 14.0. The third-order valence-corrected chi connectivity index (χ3v) is 5.03. The Morgan fingerprint density at radius 1 is 1.10 bits per heavy atom. The molecule has 29 heavy (non-hydrogen) atoms. The summed E-state index contributed by atoms with van der Waals surface area (Å²) in [6.45, 7) is 0.574. The van der Waals surface area contributed by atoms with Gasteiger partial charge in [-0.2, -0.15) is 0 Å². The molecule has 2 aromatic carbocycles. The summed E-state index contributed by atoms with van der Waals surface area (Å²) in [5, 5.41) is 7.58. The number of aliphatic imine (C=N–C) groups is 1. The minimum atomic E-state index is 0. The summed E-state index contributed by atoms with van der Waals surface area (Å²) >= 11 is 6.10. The number of rotatable bonds is 7. The van der Waals surface area contributed by atoms with Gasteiger partial charge in [0, 0.05) is 30.6 Å². The number of nitrogens with one attached hydrogen (secondary N) is 2. The Morgan fingerprint density at radius 2 is 1.79 bits per heavy atom. The molecular weight excluding hydrogens is 505 g/mol. The Kier molecular flexibility index (Phi) is 8.70. The lowest BCUT2D eigenvalue weighted by atomic mass is 10.1. The molecular formula is C21H27ClIN3O3. The van der Waals surface area contributed by atoms with Crippen molar-refractivity contribution in [1.29, 1.82) is 0 Å². The minimum Gasteiger partial charge on any atom is -0.493 e. The molecule has 0 bridgehead atoms. The first-order chi connectivity index (χ1) is 13.6. The second-order valence-electron chi connectivity index (χ2n) is 6.61. The van der Waals surface area contributed by atoms with Gasteiger partial charge in [-0.15, -0.1) is 24.0 Å². The van der Waals surface area contributed by atoms with E-state index in [4.69, 9.17) is 25.8 Å². The van der Waals surface area contributed by atoms with Gasteiger partial charge in [-0.1, -0.05) is 23.7 Å². The van der Waals surface area contributed by atoms with Crippen LogP contribution in [-0.4, -0.2) is 40.4 Å². The van der Waals surface area contributed by atoms with Crippen molar-refractivity contribution < 1.29 is 14.2 Å². The fraction of sp³-hybridized carbons (Fsp3) is 0.381. The highest BCUT2D eigenvalue weighted by Gasteiger charge is 2.39. The largest absolute Gasteiger partial charge is 0.493 e.